The molecule has 1 aliphatic heterocycles. The van der Waals surface area contributed by atoms with E-state index in [9.17, 15) is 14.4 Å². The van der Waals surface area contributed by atoms with E-state index in [0.717, 1.165) is 43.3 Å². The molecule has 3 aliphatic rings. The molecule has 0 radical (unpaired) electrons. The fraction of sp³-hybridized carbons (Fsp3) is 0.609. The highest BCUT2D eigenvalue weighted by Crippen LogP contribution is 2.40. The molecule has 2 saturated carbocycles. The van der Waals surface area contributed by atoms with Crippen molar-refractivity contribution in [3.63, 3.8) is 0 Å². The molecule has 1 heterocycles. The van der Waals surface area contributed by atoms with Gasteiger partial charge in [0.25, 0.3) is 5.91 Å². The predicted octanol–water partition coefficient (Wildman–Crippen LogP) is 3.02. The van der Waals surface area contributed by atoms with Crippen molar-refractivity contribution in [2.45, 2.75) is 63.8 Å². The van der Waals surface area contributed by atoms with Gasteiger partial charge in [0, 0.05) is 30.3 Å². The molecule has 0 aromatic heterocycles. The average Bonchev–Trinajstić information content (AvgIpc) is 3.18. The number of amides is 3. The lowest BCUT2D eigenvalue weighted by Gasteiger charge is -2.39. The Bertz CT molecular complexity index is 761. The van der Waals surface area contributed by atoms with Crippen molar-refractivity contribution in [2.24, 2.45) is 11.8 Å². The summed E-state index contributed by atoms with van der Waals surface area (Å²) in [5.41, 5.74) is 1.32. The molecular weight excluding hydrogens is 366 g/mol. The minimum atomic E-state index is -0.268. The minimum Gasteiger partial charge on any atom is -0.352 e. The highest BCUT2D eigenvalue weighted by molar-refractivity contribution is 5.98. The third-order valence-corrected chi connectivity index (χ3v) is 6.83. The summed E-state index contributed by atoms with van der Waals surface area (Å²) >= 11 is 0. The van der Waals surface area contributed by atoms with Crippen LogP contribution >= 0.6 is 0 Å². The van der Waals surface area contributed by atoms with Crippen LogP contribution in [0, 0.1) is 11.8 Å². The maximum absolute atomic E-state index is 12.4. The third kappa shape index (κ3) is 4.80. The topological polar surface area (TPSA) is 78.5 Å². The van der Waals surface area contributed by atoms with Crippen molar-refractivity contribution >= 4 is 23.4 Å². The van der Waals surface area contributed by atoms with Crippen LogP contribution in [0.1, 0.15) is 68.1 Å². The summed E-state index contributed by atoms with van der Waals surface area (Å²) in [7, 11) is 0. The Morgan fingerprint density at radius 1 is 0.966 bits per heavy atom. The Hall–Kier alpha value is -2.37. The summed E-state index contributed by atoms with van der Waals surface area (Å²) in [4.78, 5) is 38.2. The Morgan fingerprint density at radius 2 is 1.72 bits per heavy atom. The second-order valence-corrected chi connectivity index (χ2v) is 8.76. The number of rotatable bonds is 5. The lowest BCUT2D eigenvalue weighted by molar-refractivity contribution is -0.121. The average molecular weight is 398 g/mol. The second-order valence-electron chi connectivity index (χ2n) is 8.76. The number of nitrogens with zero attached hydrogens (tertiary/aromatic N) is 1. The van der Waals surface area contributed by atoms with E-state index >= 15 is 0 Å². The second kappa shape index (κ2) is 8.97. The zero-order chi connectivity index (χ0) is 20.2. The molecule has 1 aromatic rings. The first-order valence-corrected chi connectivity index (χ1v) is 11.1. The molecule has 6 nitrogen and oxygen atoms in total. The Morgan fingerprint density at radius 3 is 2.45 bits per heavy atom. The Labute approximate surface area is 172 Å². The maximum Gasteiger partial charge on any atom is 0.251 e. The first-order valence-electron chi connectivity index (χ1n) is 11.1. The molecule has 2 aliphatic carbocycles. The van der Waals surface area contributed by atoms with Crippen LogP contribution in [0.4, 0.5) is 5.69 Å². The van der Waals surface area contributed by atoms with Gasteiger partial charge < -0.3 is 15.5 Å². The van der Waals surface area contributed by atoms with Gasteiger partial charge in [-0.2, -0.15) is 0 Å². The molecule has 29 heavy (non-hydrogen) atoms. The lowest BCUT2D eigenvalue weighted by atomic mass is 9.69. The molecule has 0 bridgehead atoms. The fourth-order valence-electron chi connectivity index (χ4n) is 5.26. The van der Waals surface area contributed by atoms with Gasteiger partial charge in [0.05, 0.1) is 6.54 Å². The molecule has 6 heteroatoms. The number of hydrogen-bond donors (Lipinski definition) is 2. The van der Waals surface area contributed by atoms with Crippen LogP contribution in [0.25, 0.3) is 0 Å². The standard InChI is InChI=1S/C23H31N3O3/c27-21(25-19-10-7-16-4-1-2-5-18(16)14-19)15-24-23(29)17-8-11-20(12-9-17)26-13-3-6-22(26)28/h8-9,11-12,16,18-19H,1-7,10,13-15H2,(H,24,29)(H,25,27)/t16-,18+,19-/m1/s1. The first kappa shape index (κ1) is 19.9. The van der Waals surface area contributed by atoms with Crippen LogP contribution in [-0.2, 0) is 9.59 Å². The van der Waals surface area contributed by atoms with Crippen LogP contribution in [0.5, 0.6) is 0 Å². The number of hydrogen-bond acceptors (Lipinski definition) is 3. The van der Waals surface area contributed by atoms with Gasteiger partial charge in [0.15, 0.2) is 0 Å². The first-order chi connectivity index (χ1) is 14.1. The highest BCUT2D eigenvalue weighted by Gasteiger charge is 2.32. The van der Waals surface area contributed by atoms with E-state index in [2.05, 4.69) is 10.6 Å². The summed E-state index contributed by atoms with van der Waals surface area (Å²) in [6, 6.07) is 7.25. The molecule has 1 saturated heterocycles. The smallest absolute Gasteiger partial charge is 0.251 e. The normalized spacial score (nSPS) is 26.7. The van der Waals surface area contributed by atoms with E-state index in [4.69, 9.17) is 0 Å². The number of anilines is 1. The van der Waals surface area contributed by atoms with Crippen molar-refractivity contribution in [1.29, 1.82) is 0 Å². The molecule has 4 rings (SSSR count). The van der Waals surface area contributed by atoms with Crippen molar-refractivity contribution in [3.05, 3.63) is 29.8 Å². The Balaban J connectivity index is 1.23. The van der Waals surface area contributed by atoms with Crippen molar-refractivity contribution in [3.8, 4) is 0 Å². The van der Waals surface area contributed by atoms with Crippen LogP contribution in [0.2, 0.25) is 0 Å². The van der Waals surface area contributed by atoms with E-state index in [0.29, 0.717) is 12.0 Å². The zero-order valence-electron chi connectivity index (χ0n) is 17.0. The molecule has 156 valence electrons. The number of nitrogens with one attached hydrogen (secondary N) is 2. The summed E-state index contributed by atoms with van der Waals surface area (Å²) < 4.78 is 0. The molecule has 2 N–H and O–H groups in total. The van der Waals surface area contributed by atoms with Gasteiger partial charge >= 0.3 is 0 Å². The van der Waals surface area contributed by atoms with Gasteiger partial charge in [-0.1, -0.05) is 25.7 Å². The van der Waals surface area contributed by atoms with Crippen molar-refractivity contribution in [2.75, 3.05) is 18.0 Å². The quantitative estimate of drug-likeness (QED) is 0.802. The molecule has 3 amide bonds. The van der Waals surface area contributed by atoms with Crippen molar-refractivity contribution < 1.29 is 14.4 Å². The zero-order valence-corrected chi connectivity index (χ0v) is 17.0. The van der Waals surface area contributed by atoms with Gasteiger partial charge in [0.1, 0.15) is 0 Å². The molecular formula is C23H31N3O3. The predicted molar refractivity (Wildman–Crippen MR) is 112 cm³/mol. The monoisotopic (exact) mass is 397 g/mol. The number of carbonyl (C=O) groups excluding carboxylic acids is 3. The molecule has 3 atom stereocenters. The lowest BCUT2D eigenvalue weighted by Crippen LogP contribution is -2.45. The summed E-state index contributed by atoms with van der Waals surface area (Å²) in [6.07, 6.45) is 10.1. The SMILES string of the molecule is O=C(CNC(=O)c1ccc(N2CCCC2=O)cc1)N[C@@H]1CC[C@H]2CCCC[C@H]2C1. The largest absolute Gasteiger partial charge is 0.352 e. The molecule has 0 unspecified atom stereocenters. The maximum atomic E-state index is 12.4. The third-order valence-electron chi connectivity index (χ3n) is 6.83. The Kier molecular flexibility index (Phi) is 6.16. The van der Waals surface area contributed by atoms with Crippen LogP contribution in [-0.4, -0.2) is 36.9 Å². The highest BCUT2D eigenvalue weighted by atomic mass is 16.2. The molecule has 0 spiro atoms. The minimum absolute atomic E-state index is 0.00418. The van der Waals surface area contributed by atoms with Gasteiger partial charge in [-0.05, 0) is 61.8 Å². The van der Waals surface area contributed by atoms with Gasteiger partial charge in [0.2, 0.25) is 11.8 Å². The van der Waals surface area contributed by atoms with Crippen molar-refractivity contribution in [1.82, 2.24) is 10.6 Å². The van der Waals surface area contributed by atoms with Gasteiger partial charge in [-0.15, -0.1) is 0 Å². The van der Waals surface area contributed by atoms with Gasteiger partial charge in [-0.25, -0.2) is 0 Å². The summed E-state index contributed by atoms with van der Waals surface area (Å²) in [5, 5.41) is 5.82. The van der Waals surface area contributed by atoms with Crippen LogP contribution in [0.3, 0.4) is 0 Å². The summed E-state index contributed by atoms with van der Waals surface area (Å²) in [5.74, 6) is 1.36. The van der Waals surface area contributed by atoms with Crippen LogP contribution in [0.15, 0.2) is 24.3 Å². The molecule has 1 aromatic carbocycles. The number of carbonyl (C=O) groups is 3. The van der Waals surface area contributed by atoms with E-state index in [1.807, 2.05) is 0 Å². The van der Waals surface area contributed by atoms with Gasteiger partial charge in [-0.3, -0.25) is 14.4 Å². The summed E-state index contributed by atoms with van der Waals surface area (Å²) in [6.45, 7) is 0.725. The van der Waals surface area contributed by atoms with E-state index in [1.54, 1.807) is 29.2 Å². The number of benzene rings is 1. The number of fused-ring (bicyclic) bond motifs is 1. The van der Waals surface area contributed by atoms with Crippen LogP contribution < -0.4 is 15.5 Å². The van der Waals surface area contributed by atoms with E-state index in [-0.39, 0.29) is 30.3 Å². The molecule has 3 fully saturated rings. The van der Waals surface area contributed by atoms with E-state index in [1.165, 1.54) is 32.1 Å². The fourth-order valence-corrected chi connectivity index (χ4v) is 5.26. The van der Waals surface area contributed by atoms with E-state index < -0.39 is 0 Å².